The van der Waals surface area contributed by atoms with Crippen LogP contribution in [0.5, 0.6) is 0 Å². The molecule has 0 radical (unpaired) electrons. The van der Waals surface area contributed by atoms with Gasteiger partial charge in [-0.05, 0) is 12.1 Å². The number of aliphatic hydroxyl groups excluding tert-OH is 1. The highest BCUT2D eigenvalue weighted by Gasteiger charge is 2.46. The van der Waals surface area contributed by atoms with Crippen LogP contribution in [0.2, 0.25) is 0 Å². The Kier molecular flexibility index (Phi) is 3.10. The van der Waals surface area contributed by atoms with E-state index in [1.54, 1.807) is 24.3 Å². The number of likely N-dealkylation sites (tertiary alicyclic amines) is 1. The van der Waals surface area contributed by atoms with Gasteiger partial charge in [0.1, 0.15) is 0 Å². The third-order valence-electron chi connectivity index (χ3n) is 2.64. The van der Waals surface area contributed by atoms with Crippen LogP contribution < -0.4 is 0 Å². The first-order valence-electron chi connectivity index (χ1n) is 4.94. The Bertz CT molecular complexity index is 394. The Hall–Kier alpha value is -0.770. The first-order valence-corrected chi connectivity index (χ1v) is 5.70. The van der Waals surface area contributed by atoms with Crippen molar-refractivity contribution in [2.75, 3.05) is 6.54 Å². The molecule has 0 bridgehead atoms. The molecule has 1 atom stereocenters. The summed E-state index contributed by atoms with van der Waals surface area (Å²) in [6.45, 7) is 0.363. The van der Waals surface area contributed by atoms with Gasteiger partial charge in [-0.3, -0.25) is 4.79 Å². The molecule has 0 spiro atoms. The number of halogens is 2. The number of hydrogen-bond acceptors (Lipinski definition) is 2. The lowest BCUT2D eigenvalue weighted by Gasteiger charge is -2.24. The highest BCUT2D eigenvalue weighted by molar-refractivity contribution is 6.49. The van der Waals surface area contributed by atoms with Crippen LogP contribution in [0, 0.1) is 0 Å². The van der Waals surface area contributed by atoms with Gasteiger partial charge < -0.3 is 10.0 Å². The molecule has 5 heteroatoms. The van der Waals surface area contributed by atoms with Crippen LogP contribution in [-0.2, 0) is 0 Å². The van der Waals surface area contributed by atoms with Gasteiger partial charge in [0.05, 0.1) is 0 Å². The van der Waals surface area contributed by atoms with E-state index in [0.29, 0.717) is 18.5 Å². The SMILES string of the molecule is O=C(c1ccccc1)N1CCC(Cl)(Cl)C1O. The summed E-state index contributed by atoms with van der Waals surface area (Å²) in [5.41, 5.74) is 0.521. The van der Waals surface area contributed by atoms with E-state index >= 15 is 0 Å². The van der Waals surface area contributed by atoms with Crippen molar-refractivity contribution in [3.05, 3.63) is 35.9 Å². The van der Waals surface area contributed by atoms with Crippen molar-refractivity contribution in [3.63, 3.8) is 0 Å². The summed E-state index contributed by atoms with van der Waals surface area (Å²) in [6, 6.07) is 8.74. The van der Waals surface area contributed by atoms with Crippen LogP contribution in [0.25, 0.3) is 0 Å². The fraction of sp³-hybridized carbons (Fsp3) is 0.364. The number of hydrogen-bond donors (Lipinski definition) is 1. The number of aliphatic hydroxyl groups is 1. The lowest BCUT2D eigenvalue weighted by molar-refractivity contribution is 0.0264. The molecular formula is C11H11Cl2NO2. The number of amides is 1. The first-order chi connectivity index (χ1) is 7.52. The van der Waals surface area contributed by atoms with Gasteiger partial charge in [-0.25, -0.2) is 0 Å². The Labute approximate surface area is 104 Å². The largest absolute Gasteiger partial charge is 0.370 e. The van der Waals surface area contributed by atoms with E-state index in [2.05, 4.69) is 0 Å². The van der Waals surface area contributed by atoms with Crippen LogP contribution in [-0.4, -0.2) is 33.0 Å². The van der Waals surface area contributed by atoms with Crippen molar-refractivity contribution in [2.24, 2.45) is 0 Å². The Morgan fingerprint density at radius 2 is 2.00 bits per heavy atom. The van der Waals surface area contributed by atoms with Crippen LogP contribution in [0.3, 0.4) is 0 Å². The first kappa shape index (κ1) is 11.7. The van der Waals surface area contributed by atoms with Gasteiger partial charge in [0.25, 0.3) is 5.91 Å². The number of benzene rings is 1. The molecule has 1 aliphatic rings. The van der Waals surface area contributed by atoms with E-state index in [4.69, 9.17) is 23.2 Å². The molecule has 1 heterocycles. The summed E-state index contributed by atoms with van der Waals surface area (Å²) in [7, 11) is 0. The highest BCUT2D eigenvalue weighted by Crippen LogP contribution is 2.37. The number of alkyl halides is 2. The predicted molar refractivity (Wildman–Crippen MR) is 62.5 cm³/mol. The molecule has 3 nitrogen and oxygen atoms in total. The van der Waals surface area contributed by atoms with Gasteiger partial charge in [0.15, 0.2) is 10.6 Å². The summed E-state index contributed by atoms with van der Waals surface area (Å²) < 4.78 is -1.26. The quantitative estimate of drug-likeness (QED) is 0.785. The maximum absolute atomic E-state index is 12.0. The third-order valence-corrected chi connectivity index (χ3v) is 3.41. The maximum Gasteiger partial charge on any atom is 0.255 e. The van der Waals surface area contributed by atoms with Crippen molar-refractivity contribution in [1.82, 2.24) is 4.90 Å². The van der Waals surface area contributed by atoms with Gasteiger partial charge in [0, 0.05) is 18.5 Å². The minimum absolute atomic E-state index is 0.253. The van der Waals surface area contributed by atoms with Crippen LogP contribution in [0.15, 0.2) is 30.3 Å². The molecule has 86 valence electrons. The van der Waals surface area contributed by atoms with E-state index < -0.39 is 10.6 Å². The average molecular weight is 260 g/mol. The van der Waals surface area contributed by atoms with Gasteiger partial charge in [-0.2, -0.15) is 0 Å². The van der Waals surface area contributed by atoms with Crippen molar-refractivity contribution >= 4 is 29.1 Å². The van der Waals surface area contributed by atoms with Gasteiger partial charge in [0.2, 0.25) is 0 Å². The number of nitrogens with zero attached hydrogens (tertiary/aromatic N) is 1. The van der Waals surface area contributed by atoms with Gasteiger partial charge >= 0.3 is 0 Å². The lowest BCUT2D eigenvalue weighted by Crippen LogP contribution is -2.41. The Balaban J connectivity index is 2.19. The zero-order valence-corrected chi connectivity index (χ0v) is 9.95. The second-order valence-corrected chi connectivity index (χ2v) is 5.29. The Morgan fingerprint density at radius 3 is 2.50 bits per heavy atom. The van der Waals surface area contributed by atoms with Crippen LogP contribution >= 0.6 is 23.2 Å². The second-order valence-electron chi connectivity index (χ2n) is 3.75. The molecule has 0 aromatic heterocycles. The van der Waals surface area contributed by atoms with E-state index in [1.807, 2.05) is 6.07 Å². The average Bonchev–Trinajstić information content (AvgIpc) is 2.55. The molecule has 16 heavy (non-hydrogen) atoms. The zero-order valence-electron chi connectivity index (χ0n) is 8.44. The molecule has 1 aromatic rings. The standard InChI is InChI=1S/C11H11Cl2NO2/c12-11(13)6-7-14(10(11)16)9(15)8-4-2-1-3-5-8/h1-5,10,16H,6-7H2. The van der Waals surface area contributed by atoms with Crippen molar-refractivity contribution in [3.8, 4) is 0 Å². The highest BCUT2D eigenvalue weighted by atomic mass is 35.5. The smallest absolute Gasteiger partial charge is 0.255 e. The monoisotopic (exact) mass is 259 g/mol. The van der Waals surface area contributed by atoms with E-state index in [-0.39, 0.29) is 5.91 Å². The fourth-order valence-electron chi connectivity index (χ4n) is 1.71. The number of carbonyl (C=O) groups excluding carboxylic acids is 1. The molecule has 1 fully saturated rings. The second kappa shape index (κ2) is 4.24. The maximum atomic E-state index is 12.0. The number of carbonyl (C=O) groups is 1. The predicted octanol–water partition coefficient (Wildman–Crippen LogP) is 2.02. The topological polar surface area (TPSA) is 40.5 Å². The molecule has 1 saturated heterocycles. The molecule has 0 saturated carbocycles. The van der Waals surface area contributed by atoms with Crippen molar-refractivity contribution < 1.29 is 9.90 Å². The minimum atomic E-state index is -1.26. The third kappa shape index (κ3) is 2.03. The zero-order chi connectivity index (χ0) is 11.8. The Morgan fingerprint density at radius 1 is 1.38 bits per heavy atom. The molecule has 1 N–H and O–H groups in total. The fourth-order valence-corrected chi connectivity index (χ4v) is 2.11. The molecule has 1 unspecified atom stereocenters. The molecular weight excluding hydrogens is 249 g/mol. The van der Waals surface area contributed by atoms with Gasteiger partial charge in [-0.15, -0.1) is 0 Å². The van der Waals surface area contributed by atoms with Crippen LogP contribution in [0.4, 0.5) is 0 Å². The molecule has 1 aromatic carbocycles. The molecule has 0 aliphatic carbocycles. The summed E-state index contributed by atoms with van der Waals surface area (Å²) in [6.07, 6.45) is -0.779. The van der Waals surface area contributed by atoms with Gasteiger partial charge in [-0.1, -0.05) is 41.4 Å². The summed E-state index contributed by atoms with van der Waals surface area (Å²) in [5.74, 6) is -0.253. The summed E-state index contributed by atoms with van der Waals surface area (Å²) >= 11 is 11.7. The minimum Gasteiger partial charge on any atom is -0.370 e. The summed E-state index contributed by atoms with van der Waals surface area (Å²) in [4.78, 5) is 13.3. The van der Waals surface area contributed by atoms with Crippen molar-refractivity contribution in [2.45, 2.75) is 17.0 Å². The van der Waals surface area contributed by atoms with Crippen LogP contribution in [0.1, 0.15) is 16.8 Å². The van der Waals surface area contributed by atoms with E-state index in [9.17, 15) is 9.90 Å². The van der Waals surface area contributed by atoms with Crippen molar-refractivity contribution in [1.29, 1.82) is 0 Å². The van der Waals surface area contributed by atoms with E-state index in [1.165, 1.54) is 4.90 Å². The number of rotatable bonds is 1. The normalized spacial score (nSPS) is 23.4. The summed E-state index contributed by atoms with van der Waals surface area (Å²) in [5, 5.41) is 9.79. The lowest BCUT2D eigenvalue weighted by atomic mass is 10.2. The van der Waals surface area contributed by atoms with E-state index in [0.717, 1.165) is 0 Å². The molecule has 1 aliphatic heterocycles. The molecule has 2 rings (SSSR count). The molecule has 1 amide bonds.